The summed E-state index contributed by atoms with van der Waals surface area (Å²) < 4.78 is 7.87. The van der Waals surface area contributed by atoms with Crippen LogP contribution >= 0.6 is 0 Å². The van der Waals surface area contributed by atoms with Crippen LogP contribution in [0.15, 0.2) is 24.7 Å². The number of amides is 1. The average Bonchev–Trinajstić information content (AvgIpc) is 3.09. The number of hydrogen-bond acceptors (Lipinski definition) is 5. The van der Waals surface area contributed by atoms with Crippen LogP contribution in [0, 0.1) is 12.8 Å². The second-order valence-electron chi connectivity index (χ2n) is 6.06. The Morgan fingerprint density at radius 2 is 2.38 bits per heavy atom. The molecule has 0 aliphatic carbocycles. The molecule has 2 atom stereocenters. The second-order valence-corrected chi connectivity index (χ2v) is 6.06. The molecule has 24 heavy (non-hydrogen) atoms. The molecule has 0 aromatic carbocycles. The maximum absolute atomic E-state index is 12.4. The SMILES string of the molecule is CCn1cc([C@@H]2OCCC[C@H]2CNC(=O)c2ccnnc2C)cn1. The van der Waals surface area contributed by atoms with Gasteiger partial charge in [-0.05, 0) is 32.8 Å². The average molecular weight is 329 g/mol. The van der Waals surface area contributed by atoms with E-state index in [2.05, 4.69) is 27.5 Å². The molecule has 7 nitrogen and oxygen atoms in total. The first-order valence-corrected chi connectivity index (χ1v) is 8.39. The van der Waals surface area contributed by atoms with Crippen molar-refractivity contribution < 1.29 is 9.53 Å². The summed E-state index contributed by atoms with van der Waals surface area (Å²) in [4.78, 5) is 12.4. The molecule has 2 aromatic rings. The highest BCUT2D eigenvalue weighted by molar-refractivity contribution is 5.94. The fourth-order valence-corrected chi connectivity index (χ4v) is 3.08. The van der Waals surface area contributed by atoms with Crippen LogP contribution in [0.3, 0.4) is 0 Å². The van der Waals surface area contributed by atoms with E-state index in [0.717, 1.165) is 31.6 Å². The summed E-state index contributed by atoms with van der Waals surface area (Å²) in [6.45, 7) is 6.00. The molecule has 7 heteroatoms. The van der Waals surface area contributed by atoms with Crippen LogP contribution in [0.25, 0.3) is 0 Å². The molecule has 0 spiro atoms. The Morgan fingerprint density at radius 1 is 1.50 bits per heavy atom. The first-order chi connectivity index (χ1) is 11.7. The maximum atomic E-state index is 12.4. The van der Waals surface area contributed by atoms with E-state index in [1.807, 2.05) is 17.1 Å². The van der Waals surface area contributed by atoms with Gasteiger partial charge in [0, 0.05) is 37.4 Å². The van der Waals surface area contributed by atoms with Crippen molar-refractivity contribution in [3.8, 4) is 0 Å². The number of rotatable bonds is 5. The Bertz CT molecular complexity index is 700. The van der Waals surface area contributed by atoms with Gasteiger partial charge in [0.1, 0.15) is 0 Å². The largest absolute Gasteiger partial charge is 0.373 e. The van der Waals surface area contributed by atoms with Gasteiger partial charge in [0.15, 0.2) is 0 Å². The van der Waals surface area contributed by atoms with Crippen molar-refractivity contribution in [3.05, 3.63) is 41.5 Å². The van der Waals surface area contributed by atoms with Crippen LogP contribution < -0.4 is 5.32 Å². The minimum absolute atomic E-state index is 0.0176. The fraction of sp³-hybridized carbons (Fsp3) is 0.529. The van der Waals surface area contributed by atoms with E-state index < -0.39 is 0 Å². The molecule has 128 valence electrons. The number of nitrogens with zero attached hydrogens (tertiary/aromatic N) is 4. The third-order valence-electron chi connectivity index (χ3n) is 4.43. The Balaban J connectivity index is 1.66. The molecule has 0 bridgehead atoms. The lowest BCUT2D eigenvalue weighted by Gasteiger charge is -2.31. The summed E-state index contributed by atoms with van der Waals surface area (Å²) >= 11 is 0. The molecule has 0 unspecified atom stereocenters. The minimum atomic E-state index is -0.115. The number of aryl methyl sites for hydroxylation is 2. The summed E-state index contributed by atoms with van der Waals surface area (Å²) in [6, 6.07) is 1.69. The molecular weight excluding hydrogens is 306 g/mol. The molecule has 3 heterocycles. The molecule has 1 fully saturated rings. The lowest BCUT2D eigenvalue weighted by atomic mass is 9.90. The third-order valence-corrected chi connectivity index (χ3v) is 4.43. The Kier molecular flexibility index (Phi) is 5.20. The number of hydrogen-bond donors (Lipinski definition) is 1. The fourth-order valence-electron chi connectivity index (χ4n) is 3.08. The van der Waals surface area contributed by atoms with E-state index in [0.29, 0.717) is 17.8 Å². The van der Waals surface area contributed by atoms with Crippen LogP contribution in [0.2, 0.25) is 0 Å². The van der Waals surface area contributed by atoms with E-state index in [9.17, 15) is 4.79 Å². The van der Waals surface area contributed by atoms with Crippen molar-refractivity contribution in [2.24, 2.45) is 5.92 Å². The van der Waals surface area contributed by atoms with Gasteiger partial charge < -0.3 is 10.1 Å². The van der Waals surface area contributed by atoms with Crippen LogP contribution in [0.4, 0.5) is 0 Å². The van der Waals surface area contributed by atoms with Crippen molar-refractivity contribution >= 4 is 5.91 Å². The summed E-state index contributed by atoms with van der Waals surface area (Å²) in [5.41, 5.74) is 2.28. The van der Waals surface area contributed by atoms with Gasteiger partial charge in [-0.15, -0.1) is 0 Å². The number of carbonyl (C=O) groups excluding carboxylic acids is 1. The molecule has 0 saturated carbocycles. The zero-order chi connectivity index (χ0) is 16.9. The van der Waals surface area contributed by atoms with Crippen LogP contribution in [-0.2, 0) is 11.3 Å². The molecule has 0 radical (unpaired) electrons. The maximum Gasteiger partial charge on any atom is 0.253 e. The lowest BCUT2D eigenvalue weighted by Crippen LogP contribution is -2.35. The van der Waals surface area contributed by atoms with E-state index in [1.165, 1.54) is 6.20 Å². The zero-order valence-corrected chi connectivity index (χ0v) is 14.1. The van der Waals surface area contributed by atoms with Crippen molar-refractivity contribution in [2.45, 2.75) is 39.3 Å². The number of nitrogens with one attached hydrogen (secondary N) is 1. The molecule has 2 aromatic heterocycles. The van der Waals surface area contributed by atoms with Gasteiger partial charge in [-0.1, -0.05) is 0 Å². The van der Waals surface area contributed by atoms with Crippen LogP contribution in [0.1, 0.15) is 47.5 Å². The number of ether oxygens (including phenoxy) is 1. The van der Waals surface area contributed by atoms with E-state index in [1.54, 1.807) is 13.0 Å². The van der Waals surface area contributed by atoms with Crippen molar-refractivity contribution in [1.82, 2.24) is 25.3 Å². The summed E-state index contributed by atoms with van der Waals surface area (Å²) in [6.07, 6.45) is 7.45. The predicted octanol–water partition coefficient (Wildman–Crippen LogP) is 1.90. The third kappa shape index (κ3) is 3.62. The topological polar surface area (TPSA) is 81.9 Å². The van der Waals surface area contributed by atoms with Gasteiger partial charge in [0.25, 0.3) is 5.91 Å². The van der Waals surface area contributed by atoms with Gasteiger partial charge in [-0.25, -0.2) is 0 Å². The highest BCUT2D eigenvalue weighted by Gasteiger charge is 2.29. The van der Waals surface area contributed by atoms with Crippen LogP contribution in [-0.4, -0.2) is 39.0 Å². The smallest absolute Gasteiger partial charge is 0.253 e. The highest BCUT2D eigenvalue weighted by Crippen LogP contribution is 2.33. The second kappa shape index (κ2) is 7.53. The van der Waals surface area contributed by atoms with Crippen molar-refractivity contribution in [3.63, 3.8) is 0 Å². The molecule has 1 saturated heterocycles. The monoisotopic (exact) mass is 329 g/mol. The summed E-state index contributed by atoms with van der Waals surface area (Å²) in [5.74, 6) is 0.128. The van der Waals surface area contributed by atoms with Crippen molar-refractivity contribution in [1.29, 1.82) is 0 Å². The summed E-state index contributed by atoms with van der Waals surface area (Å²) in [5, 5.41) is 15.1. The van der Waals surface area contributed by atoms with Crippen LogP contribution in [0.5, 0.6) is 0 Å². The Labute approximate surface area is 141 Å². The Morgan fingerprint density at radius 3 is 3.12 bits per heavy atom. The van der Waals surface area contributed by atoms with E-state index >= 15 is 0 Å². The predicted molar refractivity (Wildman–Crippen MR) is 88.4 cm³/mol. The number of carbonyl (C=O) groups is 1. The molecule has 1 N–H and O–H groups in total. The van der Waals surface area contributed by atoms with E-state index in [4.69, 9.17) is 4.74 Å². The highest BCUT2D eigenvalue weighted by atomic mass is 16.5. The Hall–Kier alpha value is -2.28. The van der Waals surface area contributed by atoms with Gasteiger partial charge in [0.05, 0.1) is 29.8 Å². The standard InChI is InChI=1S/C17H23N5O2/c1-3-22-11-14(10-20-22)16-13(5-4-8-24-16)9-18-17(23)15-6-7-19-21-12(15)2/h6-7,10-11,13,16H,3-5,8-9H2,1-2H3,(H,18,23)/t13-,16+/m0/s1. The summed E-state index contributed by atoms with van der Waals surface area (Å²) in [7, 11) is 0. The van der Waals surface area contributed by atoms with Gasteiger partial charge in [0.2, 0.25) is 0 Å². The lowest BCUT2D eigenvalue weighted by molar-refractivity contribution is -0.0273. The molecule has 1 aliphatic heterocycles. The first-order valence-electron chi connectivity index (χ1n) is 8.39. The normalized spacial score (nSPS) is 20.8. The zero-order valence-electron chi connectivity index (χ0n) is 14.1. The van der Waals surface area contributed by atoms with E-state index in [-0.39, 0.29) is 17.9 Å². The first kappa shape index (κ1) is 16.6. The van der Waals surface area contributed by atoms with Crippen molar-refractivity contribution in [2.75, 3.05) is 13.2 Å². The van der Waals surface area contributed by atoms with Gasteiger partial charge in [-0.3, -0.25) is 9.48 Å². The number of aromatic nitrogens is 4. The molecule has 1 aliphatic rings. The van der Waals surface area contributed by atoms with Gasteiger partial charge in [-0.2, -0.15) is 15.3 Å². The molecule has 1 amide bonds. The quantitative estimate of drug-likeness (QED) is 0.906. The van der Waals surface area contributed by atoms with Gasteiger partial charge >= 0.3 is 0 Å². The molecular formula is C17H23N5O2. The molecule has 3 rings (SSSR count). The minimum Gasteiger partial charge on any atom is -0.373 e.